The van der Waals surface area contributed by atoms with Crippen LogP contribution < -0.4 is 0 Å². The van der Waals surface area contributed by atoms with Crippen molar-refractivity contribution in [3.8, 4) is 0 Å². The summed E-state index contributed by atoms with van der Waals surface area (Å²) in [5, 5.41) is 9.12. The largest absolute Gasteiger partial charge is 0.477 e. The number of nitrogens with one attached hydrogen (secondary N) is 1. The van der Waals surface area contributed by atoms with Crippen LogP contribution in [0.25, 0.3) is 0 Å². The van der Waals surface area contributed by atoms with Crippen molar-refractivity contribution < 1.29 is 18.3 Å². The number of carboxylic acid groups (broad SMARTS) is 1. The first-order valence-corrected chi connectivity index (χ1v) is 8.65. The van der Waals surface area contributed by atoms with Crippen LogP contribution in [-0.2, 0) is 10.0 Å². The first-order chi connectivity index (χ1) is 9.78. The fourth-order valence-corrected chi connectivity index (χ4v) is 5.00. The van der Waals surface area contributed by atoms with E-state index >= 15 is 0 Å². The Labute approximate surface area is 125 Å². The van der Waals surface area contributed by atoms with Crippen molar-refractivity contribution in [2.45, 2.75) is 44.9 Å². The second-order valence-electron chi connectivity index (χ2n) is 5.66. The van der Waals surface area contributed by atoms with Crippen LogP contribution in [0.5, 0.6) is 0 Å². The Balaban J connectivity index is 2.42. The number of H-pyrrole nitrogens is 1. The van der Waals surface area contributed by atoms with Gasteiger partial charge < -0.3 is 10.1 Å². The zero-order valence-electron chi connectivity index (χ0n) is 12.6. The Bertz CT molecular complexity index is 648. The van der Waals surface area contributed by atoms with Crippen LogP contribution in [0, 0.1) is 19.8 Å². The van der Waals surface area contributed by atoms with E-state index in [0.29, 0.717) is 30.3 Å². The molecule has 0 radical (unpaired) electrons. The smallest absolute Gasteiger partial charge is 0.352 e. The van der Waals surface area contributed by atoms with Crippen LogP contribution in [0.15, 0.2) is 4.90 Å². The highest BCUT2D eigenvalue weighted by atomic mass is 32.2. The lowest BCUT2D eigenvalue weighted by Crippen LogP contribution is -2.40. The summed E-state index contributed by atoms with van der Waals surface area (Å²) in [4.78, 5) is 13.9. The number of aromatic carboxylic acids is 1. The van der Waals surface area contributed by atoms with Crippen molar-refractivity contribution in [3.63, 3.8) is 0 Å². The molecule has 1 aliphatic heterocycles. The van der Waals surface area contributed by atoms with Gasteiger partial charge in [-0.05, 0) is 32.6 Å². The van der Waals surface area contributed by atoms with E-state index in [2.05, 4.69) is 11.9 Å². The molecule has 0 amide bonds. The lowest BCUT2D eigenvalue weighted by Gasteiger charge is -2.31. The predicted octanol–water partition coefficient (Wildman–Crippen LogP) is 2.14. The van der Waals surface area contributed by atoms with E-state index in [-0.39, 0.29) is 10.6 Å². The van der Waals surface area contributed by atoms with Gasteiger partial charge >= 0.3 is 5.97 Å². The molecule has 1 aromatic heterocycles. The second-order valence-corrected chi connectivity index (χ2v) is 7.54. The summed E-state index contributed by atoms with van der Waals surface area (Å²) >= 11 is 0. The van der Waals surface area contributed by atoms with Gasteiger partial charge in [-0.1, -0.05) is 13.3 Å². The molecule has 1 unspecified atom stereocenters. The third kappa shape index (κ3) is 2.85. The number of carboxylic acids is 1. The molecule has 0 aromatic carbocycles. The summed E-state index contributed by atoms with van der Waals surface area (Å²) in [5.74, 6) is -0.755. The minimum Gasteiger partial charge on any atom is -0.477 e. The molecule has 6 nitrogen and oxygen atoms in total. The van der Waals surface area contributed by atoms with E-state index < -0.39 is 16.0 Å². The number of aryl methyl sites for hydroxylation is 1. The minimum absolute atomic E-state index is 0.0462. The number of hydrogen-bond donors (Lipinski definition) is 2. The van der Waals surface area contributed by atoms with Crippen LogP contribution in [0.3, 0.4) is 0 Å². The maximum atomic E-state index is 12.8. The van der Waals surface area contributed by atoms with Gasteiger partial charge in [0, 0.05) is 24.3 Å². The van der Waals surface area contributed by atoms with Gasteiger partial charge in [0.2, 0.25) is 10.0 Å². The van der Waals surface area contributed by atoms with Crippen molar-refractivity contribution in [2.75, 3.05) is 13.1 Å². The van der Waals surface area contributed by atoms with Gasteiger partial charge in [-0.2, -0.15) is 4.31 Å². The van der Waals surface area contributed by atoms with Crippen LogP contribution in [0.4, 0.5) is 0 Å². The molecule has 7 heteroatoms. The van der Waals surface area contributed by atoms with Crippen LogP contribution in [-0.4, -0.2) is 41.9 Å². The zero-order valence-corrected chi connectivity index (χ0v) is 13.5. The quantitative estimate of drug-likeness (QED) is 0.891. The maximum absolute atomic E-state index is 12.8. The third-order valence-electron chi connectivity index (χ3n) is 4.24. The first kappa shape index (κ1) is 16.0. The molecule has 1 fully saturated rings. The molecule has 2 rings (SSSR count). The van der Waals surface area contributed by atoms with E-state index in [1.165, 1.54) is 4.31 Å². The number of sulfonamides is 1. The highest BCUT2D eigenvalue weighted by Gasteiger charge is 2.34. The summed E-state index contributed by atoms with van der Waals surface area (Å²) in [6.45, 7) is 6.24. The molecule has 2 heterocycles. The zero-order chi connectivity index (χ0) is 15.8. The number of carbonyl (C=O) groups is 1. The minimum atomic E-state index is -3.64. The summed E-state index contributed by atoms with van der Waals surface area (Å²) in [6.07, 6.45) is 2.86. The summed E-state index contributed by atoms with van der Waals surface area (Å²) in [5.41, 5.74) is 0.636. The highest BCUT2D eigenvalue weighted by molar-refractivity contribution is 7.89. The highest BCUT2D eigenvalue weighted by Crippen LogP contribution is 2.30. The van der Waals surface area contributed by atoms with Crippen molar-refractivity contribution in [1.82, 2.24) is 9.29 Å². The monoisotopic (exact) mass is 314 g/mol. The Hall–Kier alpha value is -1.34. The van der Waals surface area contributed by atoms with Crippen molar-refractivity contribution >= 4 is 16.0 Å². The average molecular weight is 314 g/mol. The van der Waals surface area contributed by atoms with Crippen molar-refractivity contribution in [3.05, 3.63) is 17.0 Å². The molecule has 118 valence electrons. The summed E-state index contributed by atoms with van der Waals surface area (Å²) < 4.78 is 27.2. The molecule has 1 atom stereocenters. The molecule has 1 aromatic rings. The first-order valence-electron chi connectivity index (χ1n) is 7.21. The van der Waals surface area contributed by atoms with Gasteiger partial charge in [-0.3, -0.25) is 0 Å². The Morgan fingerprint density at radius 2 is 2.10 bits per heavy atom. The molecule has 0 aliphatic carbocycles. The van der Waals surface area contributed by atoms with Crippen LogP contribution >= 0.6 is 0 Å². The van der Waals surface area contributed by atoms with E-state index in [9.17, 15) is 13.2 Å². The third-order valence-corrected chi connectivity index (χ3v) is 6.38. The molecule has 21 heavy (non-hydrogen) atoms. The second kappa shape index (κ2) is 5.81. The number of aromatic nitrogens is 1. The van der Waals surface area contributed by atoms with Gasteiger partial charge in [0.15, 0.2) is 0 Å². The van der Waals surface area contributed by atoms with Gasteiger partial charge in [0.25, 0.3) is 0 Å². The molecule has 2 N–H and O–H groups in total. The molecule has 1 aliphatic rings. The molecular weight excluding hydrogens is 292 g/mol. The fourth-order valence-electron chi connectivity index (χ4n) is 3.04. The normalized spacial score (nSPS) is 20.6. The van der Waals surface area contributed by atoms with Gasteiger partial charge in [0.1, 0.15) is 10.6 Å². The maximum Gasteiger partial charge on any atom is 0.352 e. The lowest BCUT2D eigenvalue weighted by atomic mass is 9.97. The fraction of sp³-hybridized carbons (Fsp3) is 0.643. The molecular formula is C14H22N2O4S. The Kier molecular flexibility index (Phi) is 4.43. The van der Waals surface area contributed by atoms with Crippen molar-refractivity contribution in [1.29, 1.82) is 0 Å². The summed E-state index contributed by atoms with van der Waals surface area (Å²) in [6, 6.07) is 0. The molecule has 0 spiro atoms. The van der Waals surface area contributed by atoms with Gasteiger partial charge in [-0.25, -0.2) is 13.2 Å². The van der Waals surface area contributed by atoms with Crippen LogP contribution in [0.1, 0.15) is 47.9 Å². The van der Waals surface area contributed by atoms with Crippen molar-refractivity contribution in [2.24, 2.45) is 5.92 Å². The van der Waals surface area contributed by atoms with Gasteiger partial charge in [-0.15, -0.1) is 0 Å². The van der Waals surface area contributed by atoms with E-state index in [0.717, 1.165) is 19.3 Å². The lowest BCUT2D eigenvalue weighted by molar-refractivity contribution is 0.0690. The number of piperidine rings is 1. The van der Waals surface area contributed by atoms with E-state index in [1.54, 1.807) is 13.8 Å². The van der Waals surface area contributed by atoms with E-state index in [4.69, 9.17) is 5.11 Å². The number of aromatic amines is 1. The van der Waals surface area contributed by atoms with Gasteiger partial charge in [0.05, 0.1) is 0 Å². The number of hydrogen-bond acceptors (Lipinski definition) is 3. The molecule has 0 saturated carbocycles. The van der Waals surface area contributed by atoms with E-state index in [1.807, 2.05) is 0 Å². The Morgan fingerprint density at radius 1 is 1.43 bits per heavy atom. The topological polar surface area (TPSA) is 90.5 Å². The molecule has 1 saturated heterocycles. The SMILES string of the molecule is CCC1CCCN(S(=O)(=O)c2c(C)[nH]c(C(=O)O)c2C)C1. The Morgan fingerprint density at radius 3 is 2.62 bits per heavy atom. The summed E-state index contributed by atoms with van der Waals surface area (Å²) in [7, 11) is -3.64. The number of nitrogens with zero attached hydrogens (tertiary/aromatic N) is 1. The average Bonchev–Trinajstić information content (AvgIpc) is 2.74. The predicted molar refractivity (Wildman–Crippen MR) is 79.0 cm³/mol. The number of rotatable bonds is 4. The van der Waals surface area contributed by atoms with Crippen LogP contribution in [0.2, 0.25) is 0 Å². The standard InChI is InChI=1S/C14H22N2O4S/c1-4-11-6-5-7-16(8-11)21(19,20)13-9(2)12(14(17)18)15-10(13)3/h11,15H,4-8H2,1-3H3,(H,17,18). The molecule has 0 bridgehead atoms.